The van der Waals surface area contributed by atoms with Gasteiger partial charge in [-0.15, -0.1) is 0 Å². The number of hydrogen-bond donors (Lipinski definition) is 0. The molecule has 0 aliphatic carbocycles. The first-order valence-corrected chi connectivity index (χ1v) is 18.1. The fourth-order valence-electron chi connectivity index (χ4n) is 3.50. The topological polar surface area (TPSA) is 18.5 Å². The standard InChI is InChI=1S/C14H32OSi.C12H20OSi/c1-4-5-6-7-8-9-10-11-12-13-14-16(3)15-2;1-13-14(2,3)11-7-10-12-8-5-4-6-9-12/h16H,4-14H2,1-3H3;4-6,8-9H,7,10-11H2,1-3H3. The Morgan fingerprint density at radius 3 is 1.80 bits per heavy atom. The maximum absolute atomic E-state index is 5.51. The zero-order chi connectivity index (χ0) is 22.5. The molecule has 0 radical (unpaired) electrons. The summed E-state index contributed by atoms with van der Waals surface area (Å²) in [5.41, 5.74) is 1.44. The Kier molecular flexibility index (Phi) is 20.2. The van der Waals surface area contributed by atoms with E-state index in [2.05, 4.69) is 56.9 Å². The van der Waals surface area contributed by atoms with Crippen molar-refractivity contribution in [1.82, 2.24) is 0 Å². The molecule has 0 N–H and O–H groups in total. The Labute approximate surface area is 192 Å². The molecular formula is C26H52O2Si2. The molecule has 30 heavy (non-hydrogen) atoms. The third kappa shape index (κ3) is 19.5. The quantitative estimate of drug-likeness (QED) is 0.174. The Morgan fingerprint density at radius 2 is 1.30 bits per heavy atom. The van der Waals surface area contributed by atoms with Crippen LogP contribution in [0, 0.1) is 0 Å². The van der Waals surface area contributed by atoms with Crippen molar-refractivity contribution in [2.75, 3.05) is 14.2 Å². The van der Waals surface area contributed by atoms with E-state index in [4.69, 9.17) is 8.85 Å². The van der Waals surface area contributed by atoms with Gasteiger partial charge in [0.1, 0.15) is 0 Å². The van der Waals surface area contributed by atoms with Crippen molar-refractivity contribution >= 4 is 17.4 Å². The van der Waals surface area contributed by atoms with E-state index in [9.17, 15) is 0 Å². The van der Waals surface area contributed by atoms with Crippen LogP contribution < -0.4 is 0 Å². The zero-order valence-electron chi connectivity index (χ0n) is 21.2. The van der Waals surface area contributed by atoms with Crippen molar-refractivity contribution in [3.8, 4) is 0 Å². The molecular weight excluding hydrogens is 400 g/mol. The summed E-state index contributed by atoms with van der Waals surface area (Å²) < 4.78 is 10.9. The van der Waals surface area contributed by atoms with Gasteiger partial charge in [-0.05, 0) is 50.1 Å². The molecule has 0 bridgehead atoms. The third-order valence-corrected chi connectivity index (χ3v) is 10.7. The van der Waals surface area contributed by atoms with Crippen LogP contribution in [0.1, 0.15) is 83.1 Å². The monoisotopic (exact) mass is 452 g/mol. The first-order valence-electron chi connectivity index (χ1n) is 12.6. The van der Waals surface area contributed by atoms with Crippen molar-refractivity contribution in [2.45, 2.75) is 116 Å². The maximum atomic E-state index is 5.51. The predicted molar refractivity (Wildman–Crippen MR) is 141 cm³/mol. The van der Waals surface area contributed by atoms with Crippen molar-refractivity contribution < 1.29 is 8.85 Å². The molecule has 176 valence electrons. The molecule has 0 aliphatic heterocycles. The van der Waals surface area contributed by atoms with Crippen LogP contribution >= 0.6 is 0 Å². The summed E-state index contributed by atoms with van der Waals surface area (Å²) in [5.74, 6) is 0. The first-order chi connectivity index (χ1) is 14.4. The van der Waals surface area contributed by atoms with Gasteiger partial charge in [0, 0.05) is 14.2 Å². The maximum Gasteiger partial charge on any atom is 0.186 e. The minimum Gasteiger partial charge on any atom is -0.423 e. The first kappa shape index (κ1) is 29.6. The van der Waals surface area contributed by atoms with E-state index in [1.165, 1.54) is 94.7 Å². The summed E-state index contributed by atoms with van der Waals surface area (Å²) in [6.07, 6.45) is 16.8. The molecule has 1 rings (SSSR count). The zero-order valence-corrected chi connectivity index (χ0v) is 23.3. The Balaban J connectivity index is 0.000000564. The number of unbranched alkanes of at least 4 members (excludes halogenated alkanes) is 9. The average molecular weight is 453 g/mol. The Hall–Kier alpha value is -0.426. The van der Waals surface area contributed by atoms with E-state index in [0.29, 0.717) is 0 Å². The lowest BCUT2D eigenvalue weighted by Crippen LogP contribution is -2.28. The second-order valence-corrected chi connectivity index (χ2v) is 16.4. The van der Waals surface area contributed by atoms with E-state index < -0.39 is 17.4 Å². The van der Waals surface area contributed by atoms with E-state index in [1.807, 2.05) is 14.2 Å². The van der Waals surface area contributed by atoms with Crippen LogP contribution in [-0.4, -0.2) is 31.6 Å². The number of benzene rings is 1. The van der Waals surface area contributed by atoms with E-state index in [1.54, 1.807) is 0 Å². The lowest BCUT2D eigenvalue weighted by Gasteiger charge is -2.19. The SMILES string of the molecule is CCCCCCCCCCCC[SiH](C)OC.CO[Si](C)(C)CCCc1ccccc1. The highest BCUT2D eigenvalue weighted by molar-refractivity contribution is 6.71. The molecule has 1 aromatic rings. The summed E-state index contributed by atoms with van der Waals surface area (Å²) >= 11 is 0. The average Bonchev–Trinajstić information content (AvgIpc) is 2.76. The van der Waals surface area contributed by atoms with Gasteiger partial charge in [0.05, 0.1) is 0 Å². The molecule has 0 aliphatic rings. The van der Waals surface area contributed by atoms with Gasteiger partial charge >= 0.3 is 0 Å². The van der Waals surface area contributed by atoms with Crippen LogP contribution in [0.3, 0.4) is 0 Å². The second kappa shape index (κ2) is 20.5. The van der Waals surface area contributed by atoms with Gasteiger partial charge in [-0.1, -0.05) is 101 Å². The molecule has 4 heteroatoms. The van der Waals surface area contributed by atoms with Gasteiger partial charge in [0.2, 0.25) is 0 Å². The lowest BCUT2D eigenvalue weighted by molar-refractivity contribution is 0.402. The second-order valence-electron chi connectivity index (χ2n) is 9.32. The van der Waals surface area contributed by atoms with Gasteiger partial charge in [0.15, 0.2) is 17.4 Å². The predicted octanol–water partition coefficient (Wildman–Crippen LogP) is 8.38. The van der Waals surface area contributed by atoms with Crippen molar-refractivity contribution in [3.05, 3.63) is 35.9 Å². The molecule has 1 atom stereocenters. The fraction of sp³-hybridized carbons (Fsp3) is 0.769. The Bertz CT molecular complexity index is 465. The van der Waals surface area contributed by atoms with Crippen LogP contribution in [0.2, 0.25) is 31.7 Å². The smallest absolute Gasteiger partial charge is 0.186 e. The highest BCUT2D eigenvalue weighted by Gasteiger charge is 2.19. The van der Waals surface area contributed by atoms with Crippen LogP contribution in [0.25, 0.3) is 0 Å². The molecule has 0 heterocycles. The summed E-state index contributed by atoms with van der Waals surface area (Å²) in [6, 6.07) is 13.3. The Morgan fingerprint density at radius 1 is 0.767 bits per heavy atom. The van der Waals surface area contributed by atoms with Crippen LogP contribution in [-0.2, 0) is 15.3 Å². The molecule has 0 saturated heterocycles. The molecule has 0 fully saturated rings. The van der Waals surface area contributed by atoms with Crippen LogP contribution in [0.15, 0.2) is 30.3 Å². The summed E-state index contributed by atoms with van der Waals surface area (Å²) in [4.78, 5) is 0. The largest absolute Gasteiger partial charge is 0.423 e. The summed E-state index contributed by atoms with van der Waals surface area (Å²) in [5, 5.41) is 0. The minimum atomic E-state index is -1.33. The van der Waals surface area contributed by atoms with Gasteiger partial charge in [0.25, 0.3) is 0 Å². The van der Waals surface area contributed by atoms with Gasteiger partial charge in [-0.25, -0.2) is 0 Å². The van der Waals surface area contributed by atoms with E-state index in [0.717, 1.165) is 0 Å². The fourth-order valence-corrected chi connectivity index (χ4v) is 5.83. The lowest BCUT2D eigenvalue weighted by atomic mass is 10.1. The van der Waals surface area contributed by atoms with E-state index >= 15 is 0 Å². The highest BCUT2D eigenvalue weighted by Crippen LogP contribution is 2.15. The molecule has 2 nitrogen and oxygen atoms in total. The summed E-state index contributed by atoms with van der Waals surface area (Å²) in [6.45, 7) is 9.13. The molecule has 0 aromatic heterocycles. The summed E-state index contributed by atoms with van der Waals surface area (Å²) in [7, 11) is 1.62. The number of rotatable bonds is 17. The molecule has 0 spiro atoms. The van der Waals surface area contributed by atoms with Crippen molar-refractivity contribution in [1.29, 1.82) is 0 Å². The van der Waals surface area contributed by atoms with Gasteiger partial charge < -0.3 is 8.85 Å². The van der Waals surface area contributed by atoms with Gasteiger partial charge in [-0.2, -0.15) is 0 Å². The van der Waals surface area contributed by atoms with E-state index in [-0.39, 0.29) is 0 Å². The molecule has 1 unspecified atom stereocenters. The van der Waals surface area contributed by atoms with Crippen molar-refractivity contribution in [3.63, 3.8) is 0 Å². The van der Waals surface area contributed by atoms with Gasteiger partial charge in [-0.3, -0.25) is 0 Å². The minimum absolute atomic E-state index is 0.759. The van der Waals surface area contributed by atoms with Crippen LogP contribution in [0.5, 0.6) is 0 Å². The third-order valence-electron chi connectivity index (χ3n) is 6.01. The normalized spacial score (nSPS) is 12.3. The molecule has 0 amide bonds. The highest BCUT2D eigenvalue weighted by atomic mass is 28.4. The number of aryl methyl sites for hydroxylation is 1. The number of hydrogen-bond acceptors (Lipinski definition) is 2. The van der Waals surface area contributed by atoms with Crippen LogP contribution in [0.4, 0.5) is 0 Å². The van der Waals surface area contributed by atoms with Crippen molar-refractivity contribution in [2.24, 2.45) is 0 Å². The molecule has 0 saturated carbocycles. The molecule has 1 aromatic carbocycles.